The van der Waals surface area contributed by atoms with E-state index in [4.69, 9.17) is 15.2 Å². The van der Waals surface area contributed by atoms with Gasteiger partial charge in [-0.3, -0.25) is 0 Å². The summed E-state index contributed by atoms with van der Waals surface area (Å²) in [6.45, 7) is 0.0603. The number of hydrogen-bond acceptors (Lipinski definition) is 6. The molecule has 6 heteroatoms. The minimum Gasteiger partial charge on any atom is -0.388 e. The molecule has 13 heavy (non-hydrogen) atoms. The SMILES string of the molecule is COC1OC(CN)C(O)C(O)C1O. The molecule has 5 atom stereocenters. The van der Waals surface area contributed by atoms with Crippen molar-refractivity contribution in [3.05, 3.63) is 0 Å². The summed E-state index contributed by atoms with van der Waals surface area (Å²) >= 11 is 0. The number of hydrogen-bond donors (Lipinski definition) is 4. The van der Waals surface area contributed by atoms with E-state index in [0.29, 0.717) is 0 Å². The summed E-state index contributed by atoms with van der Waals surface area (Å²) in [5.74, 6) is 0. The summed E-state index contributed by atoms with van der Waals surface area (Å²) in [5.41, 5.74) is 5.28. The van der Waals surface area contributed by atoms with Gasteiger partial charge in [-0.2, -0.15) is 0 Å². The number of methoxy groups -OCH3 is 1. The molecular weight excluding hydrogens is 178 g/mol. The van der Waals surface area contributed by atoms with E-state index in [1.165, 1.54) is 7.11 Å². The third kappa shape index (κ3) is 1.98. The van der Waals surface area contributed by atoms with Crippen LogP contribution < -0.4 is 5.73 Å². The molecule has 0 radical (unpaired) electrons. The molecule has 1 aliphatic rings. The molecule has 0 bridgehead atoms. The molecule has 0 saturated carbocycles. The Bertz CT molecular complexity index is 147. The van der Waals surface area contributed by atoms with E-state index >= 15 is 0 Å². The van der Waals surface area contributed by atoms with Crippen molar-refractivity contribution in [2.45, 2.75) is 30.7 Å². The largest absolute Gasteiger partial charge is 0.388 e. The third-order valence-electron chi connectivity index (χ3n) is 2.13. The molecule has 0 aromatic rings. The molecule has 0 aromatic carbocycles. The van der Waals surface area contributed by atoms with E-state index in [9.17, 15) is 15.3 Å². The topological polar surface area (TPSA) is 105 Å². The molecule has 1 heterocycles. The molecule has 0 aromatic heterocycles. The maximum Gasteiger partial charge on any atom is 0.186 e. The van der Waals surface area contributed by atoms with Crippen molar-refractivity contribution in [1.82, 2.24) is 0 Å². The zero-order chi connectivity index (χ0) is 10.0. The zero-order valence-electron chi connectivity index (χ0n) is 7.33. The smallest absolute Gasteiger partial charge is 0.186 e. The Kier molecular flexibility index (Phi) is 3.60. The van der Waals surface area contributed by atoms with Crippen LogP contribution in [0.3, 0.4) is 0 Å². The van der Waals surface area contributed by atoms with Crippen molar-refractivity contribution in [2.75, 3.05) is 13.7 Å². The monoisotopic (exact) mass is 193 g/mol. The average molecular weight is 193 g/mol. The van der Waals surface area contributed by atoms with Crippen molar-refractivity contribution in [3.63, 3.8) is 0 Å². The molecule has 6 nitrogen and oxygen atoms in total. The molecule has 5 N–H and O–H groups in total. The van der Waals surface area contributed by atoms with Crippen molar-refractivity contribution in [1.29, 1.82) is 0 Å². The van der Waals surface area contributed by atoms with Gasteiger partial charge >= 0.3 is 0 Å². The zero-order valence-corrected chi connectivity index (χ0v) is 7.33. The lowest BCUT2D eigenvalue weighted by molar-refractivity contribution is -0.287. The normalized spacial score (nSPS) is 46.4. The molecule has 1 fully saturated rings. The van der Waals surface area contributed by atoms with Gasteiger partial charge in [-0.1, -0.05) is 0 Å². The number of rotatable bonds is 2. The van der Waals surface area contributed by atoms with Crippen LogP contribution in [0.2, 0.25) is 0 Å². The molecule has 1 rings (SSSR count). The lowest BCUT2D eigenvalue weighted by atomic mass is 9.99. The molecule has 0 aliphatic carbocycles. The van der Waals surface area contributed by atoms with E-state index in [2.05, 4.69) is 0 Å². The molecule has 1 saturated heterocycles. The lowest BCUT2D eigenvalue weighted by Gasteiger charge is -2.39. The second-order valence-corrected chi connectivity index (χ2v) is 2.99. The molecule has 0 amide bonds. The van der Waals surface area contributed by atoms with Gasteiger partial charge < -0.3 is 30.5 Å². The van der Waals surface area contributed by atoms with Crippen LogP contribution in [-0.2, 0) is 9.47 Å². The first kappa shape index (κ1) is 10.8. The first-order valence-electron chi connectivity index (χ1n) is 4.04. The molecule has 0 spiro atoms. The van der Waals surface area contributed by atoms with Crippen LogP contribution in [0.15, 0.2) is 0 Å². The Labute approximate surface area is 75.9 Å². The highest BCUT2D eigenvalue weighted by atomic mass is 16.7. The Morgan fingerprint density at radius 3 is 2.31 bits per heavy atom. The van der Waals surface area contributed by atoms with Crippen LogP contribution >= 0.6 is 0 Å². The van der Waals surface area contributed by atoms with E-state index in [1.54, 1.807) is 0 Å². The minimum absolute atomic E-state index is 0.0603. The van der Waals surface area contributed by atoms with Gasteiger partial charge in [0.05, 0.1) is 0 Å². The van der Waals surface area contributed by atoms with E-state index in [-0.39, 0.29) is 6.54 Å². The first-order valence-corrected chi connectivity index (χ1v) is 4.04. The lowest BCUT2D eigenvalue weighted by Crippen LogP contribution is -2.59. The number of aliphatic hydroxyl groups is 3. The summed E-state index contributed by atoms with van der Waals surface area (Å²) < 4.78 is 9.83. The quantitative estimate of drug-likeness (QED) is 0.383. The fourth-order valence-corrected chi connectivity index (χ4v) is 1.31. The molecule has 78 valence electrons. The van der Waals surface area contributed by atoms with Gasteiger partial charge in [0.1, 0.15) is 24.4 Å². The van der Waals surface area contributed by atoms with Gasteiger partial charge in [-0.25, -0.2) is 0 Å². The molecule has 1 aliphatic heterocycles. The average Bonchev–Trinajstić information content (AvgIpc) is 2.15. The molecular formula is C7H15NO5. The van der Waals surface area contributed by atoms with Gasteiger partial charge in [0.2, 0.25) is 0 Å². The van der Waals surface area contributed by atoms with Gasteiger partial charge in [0.25, 0.3) is 0 Å². The van der Waals surface area contributed by atoms with Crippen LogP contribution in [0.5, 0.6) is 0 Å². The van der Waals surface area contributed by atoms with Gasteiger partial charge in [-0.05, 0) is 0 Å². The maximum atomic E-state index is 9.35. The third-order valence-corrected chi connectivity index (χ3v) is 2.13. The Morgan fingerprint density at radius 1 is 1.23 bits per heavy atom. The van der Waals surface area contributed by atoms with Gasteiger partial charge in [-0.15, -0.1) is 0 Å². The van der Waals surface area contributed by atoms with Gasteiger partial charge in [0.15, 0.2) is 6.29 Å². The van der Waals surface area contributed by atoms with E-state index in [0.717, 1.165) is 0 Å². The van der Waals surface area contributed by atoms with Gasteiger partial charge in [0, 0.05) is 13.7 Å². The summed E-state index contributed by atoms with van der Waals surface area (Å²) in [5, 5.41) is 28.0. The summed E-state index contributed by atoms with van der Waals surface area (Å²) in [4.78, 5) is 0. The summed E-state index contributed by atoms with van der Waals surface area (Å²) in [6, 6.07) is 0. The Balaban J connectivity index is 2.66. The minimum atomic E-state index is -1.28. The highest BCUT2D eigenvalue weighted by Crippen LogP contribution is 2.20. The van der Waals surface area contributed by atoms with Crippen molar-refractivity contribution in [3.8, 4) is 0 Å². The molecule has 5 unspecified atom stereocenters. The fraction of sp³-hybridized carbons (Fsp3) is 1.00. The number of ether oxygens (including phenoxy) is 2. The van der Waals surface area contributed by atoms with Crippen molar-refractivity contribution in [2.24, 2.45) is 5.73 Å². The Morgan fingerprint density at radius 2 is 1.85 bits per heavy atom. The van der Waals surface area contributed by atoms with Crippen LogP contribution in [0.1, 0.15) is 0 Å². The van der Waals surface area contributed by atoms with Crippen LogP contribution in [0.4, 0.5) is 0 Å². The maximum absolute atomic E-state index is 9.35. The predicted molar refractivity (Wildman–Crippen MR) is 42.7 cm³/mol. The van der Waals surface area contributed by atoms with Crippen molar-refractivity contribution < 1.29 is 24.8 Å². The second-order valence-electron chi connectivity index (χ2n) is 2.99. The van der Waals surface area contributed by atoms with Crippen LogP contribution in [0, 0.1) is 0 Å². The predicted octanol–water partition coefficient (Wildman–Crippen LogP) is -2.60. The highest BCUT2D eigenvalue weighted by Gasteiger charge is 2.43. The fourth-order valence-electron chi connectivity index (χ4n) is 1.31. The van der Waals surface area contributed by atoms with Crippen molar-refractivity contribution >= 4 is 0 Å². The van der Waals surface area contributed by atoms with Crippen LogP contribution in [-0.4, -0.2) is 59.7 Å². The number of nitrogens with two attached hydrogens (primary N) is 1. The van der Waals surface area contributed by atoms with E-state index in [1.807, 2.05) is 0 Å². The first-order chi connectivity index (χ1) is 6.11. The second kappa shape index (κ2) is 4.32. The highest BCUT2D eigenvalue weighted by molar-refractivity contribution is 4.89. The van der Waals surface area contributed by atoms with Crippen LogP contribution in [0.25, 0.3) is 0 Å². The summed E-state index contributed by atoms with van der Waals surface area (Å²) in [7, 11) is 1.34. The standard InChI is InChI=1S/C7H15NO5/c1-12-7-6(11)5(10)4(9)3(2-8)13-7/h3-7,9-11H,2,8H2,1H3. The Hall–Kier alpha value is -0.240. The van der Waals surface area contributed by atoms with E-state index < -0.39 is 30.7 Å². The summed E-state index contributed by atoms with van der Waals surface area (Å²) in [6.07, 6.45) is -5.35. The number of aliphatic hydroxyl groups excluding tert-OH is 3.